The molecular formula is C28H28INO4. The number of unbranched alkanes of at least 4 members (excludes halogenated alkanes) is 1. The van der Waals surface area contributed by atoms with Gasteiger partial charge in [0.15, 0.2) is 0 Å². The van der Waals surface area contributed by atoms with Crippen molar-refractivity contribution in [3.63, 3.8) is 0 Å². The number of carboxylic acids is 1. The molecule has 0 bridgehead atoms. The fraction of sp³-hybridized carbons (Fsp3) is 0.286. The average molecular weight is 569 g/mol. The number of halogens is 1. The Morgan fingerprint density at radius 1 is 0.971 bits per heavy atom. The van der Waals surface area contributed by atoms with Crippen LogP contribution >= 0.6 is 22.6 Å². The zero-order valence-corrected chi connectivity index (χ0v) is 21.3. The van der Waals surface area contributed by atoms with Crippen molar-refractivity contribution >= 4 is 34.7 Å². The Bertz CT molecular complexity index is 1120. The Kier molecular flexibility index (Phi) is 7.88. The summed E-state index contributed by atoms with van der Waals surface area (Å²) in [4.78, 5) is 26.9. The van der Waals surface area contributed by atoms with E-state index in [-0.39, 0.29) is 18.9 Å². The van der Waals surface area contributed by atoms with Crippen LogP contribution in [0.25, 0.3) is 11.1 Å². The fourth-order valence-electron chi connectivity index (χ4n) is 4.55. The maximum absolute atomic E-state index is 13.3. The second-order valence-electron chi connectivity index (χ2n) is 8.54. The van der Waals surface area contributed by atoms with Crippen molar-refractivity contribution in [1.82, 2.24) is 4.90 Å². The number of carbonyl (C=O) groups is 2. The molecule has 0 fully saturated rings. The standard InChI is InChI=1S/C28H28INO4/c1-2-3-16-30(26(27(31)32)17-19-12-14-20(29)15-13-19)28(33)34-18-25-23-10-6-4-8-21(23)22-9-5-7-11-24(22)25/h4-15,25-26H,2-3,16-18H2,1H3,(H,31,32)/t26-/m0/s1. The van der Waals surface area contributed by atoms with Crippen molar-refractivity contribution in [3.8, 4) is 11.1 Å². The molecule has 0 spiro atoms. The van der Waals surface area contributed by atoms with Gasteiger partial charge in [-0.2, -0.15) is 0 Å². The molecule has 1 aliphatic carbocycles. The van der Waals surface area contributed by atoms with Crippen molar-refractivity contribution in [2.75, 3.05) is 13.2 Å². The van der Waals surface area contributed by atoms with Crippen LogP contribution in [0.4, 0.5) is 4.79 Å². The van der Waals surface area contributed by atoms with Gasteiger partial charge < -0.3 is 9.84 Å². The molecule has 0 radical (unpaired) electrons. The minimum atomic E-state index is -1.02. The number of hydrogen-bond acceptors (Lipinski definition) is 3. The van der Waals surface area contributed by atoms with E-state index in [1.807, 2.05) is 55.5 Å². The first-order valence-corrected chi connectivity index (χ1v) is 12.7. The molecule has 176 valence electrons. The summed E-state index contributed by atoms with van der Waals surface area (Å²) in [6.45, 7) is 2.53. The summed E-state index contributed by atoms with van der Waals surface area (Å²) in [6.07, 6.45) is 1.22. The molecule has 1 atom stereocenters. The Morgan fingerprint density at radius 2 is 1.56 bits per heavy atom. The van der Waals surface area contributed by atoms with Gasteiger partial charge in [-0.1, -0.05) is 74.0 Å². The van der Waals surface area contributed by atoms with Gasteiger partial charge in [-0.3, -0.25) is 4.90 Å². The smallest absolute Gasteiger partial charge is 0.410 e. The van der Waals surface area contributed by atoms with Crippen LogP contribution in [-0.2, 0) is 16.0 Å². The summed E-state index contributed by atoms with van der Waals surface area (Å²) in [6, 6.07) is 23.1. The lowest BCUT2D eigenvalue weighted by Gasteiger charge is -2.29. The number of fused-ring (bicyclic) bond motifs is 3. The summed E-state index contributed by atoms with van der Waals surface area (Å²) in [7, 11) is 0. The molecule has 6 heteroatoms. The third-order valence-corrected chi connectivity index (χ3v) is 7.05. The summed E-state index contributed by atoms with van der Waals surface area (Å²) in [5.74, 6) is -1.09. The van der Waals surface area contributed by atoms with Crippen LogP contribution < -0.4 is 0 Å². The molecule has 5 nitrogen and oxygen atoms in total. The highest BCUT2D eigenvalue weighted by Gasteiger charge is 2.33. The second kappa shape index (κ2) is 11.0. The predicted octanol–water partition coefficient (Wildman–Crippen LogP) is 6.34. The molecule has 34 heavy (non-hydrogen) atoms. The van der Waals surface area contributed by atoms with E-state index in [1.165, 1.54) is 4.90 Å². The molecular weight excluding hydrogens is 541 g/mol. The molecule has 1 amide bonds. The minimum absolute atomic E-state index is 0.0659. The third-order valence-electron chi connectivity index (χ3n) is 6.33. The Morgan fingerprint density at radius 3 is 2.12 bits per heavy atom. The Balaban J connectivity index is 1.53. The molecule has 0 aromatic heterocycles. The van der Waals surface area contributed by atoms with Crippen molar-refractivity contribution in [3.05, 3.63) is 93.1 Å². The van der Waals surface area contributed by atoms with Crippen LogP contribution in [-0.4, -0.2) is 41.3 Å². The Hall–Kier alpha value is -2.87. The van der Waals surface area contributed by atoms with Crippen LogP contribution in [0.3, 0.4) is 0 Å². The molecule has 3 aromatic rings. The van der Waals surface area contributed by atoms with E-state index in [1.54, 1.807) is 0 Å². The quantitative estimate of drug-likeness (QED) is 0.306. The monoisotopic (exact) mass is 569 g/mol. The van der Waals surface area contributed by atoms with Crippen molar-refractivity contribution in [1.29, 1.82) is 0 Å². The number of carboxylic acid groups (broad SMARTS) is 1. The van der Waals surface area contributed by atoms with Crippen LogP contribution in [0.1, 0.15) is 42.4 Å². The zero-order valence-electron chi connectivity index (χ0n) is 19.1. The van der Waals surface area contributed by atoms with Gasteiger partial charge in [-0.25, -0.2) is 9.59 Å². The maximum Gasteiger partial charge on any atom is 0.410 e. The van der Waals surface area contributed by atoms with E-state index in [0.717, 1.165) is 37.8 Å². The first-order chi connectivity index (χ1) is 16.5. The van der Waals surface area contributed by atoms with E-state index in [2.05, 4.69) is 46.9 Å². The minimum Gasteiger partial charge on any atom is -0.480 e. The lowest BCUT2D eigenvalue weighted by molar-refractivity contribution is -0.142. The molecule has 0 heterocycles. The molecule has 1 N–H and O–H groups in total. The van der Waals surface area contributed by atoms with Crippen LogP contribution in [0.2, 0.25) is 0 Å². The highest BCUT2D eigenvalue weighted by atomic mass is 127. The number of aliphatic carboxylic acids is 1. The summed E-state index contributed by atoms with van der Waals surface area (Å²) < 4.78 is 6.89. The van der Waals surface area contributed by atoms with Gasteiger partial charge in [0, 0.05) is 22.5 Å². The molecule has 3 aromatic carbocycles. The summed E-state index contributed by atoms with van der Waals surface area (Å²) in [5, 5.41) is 10.00. The number of nitrogens with zero attached hydrogens (tertiary/aromatic N) is 1. The highest BCUT2D eigenvalue weighted by molar-refractivity contribution is 14.1. The van der Waals surface area contributed by atoms with E-state index >= 15 is 0 Å². The van der Waals surface area contributed by atoms with Crippen molar-refractivity contribution < 1.29 is 19.4 Å². The van der Waals surface area contributed by atoms with E-state index in [9.17, 15) is 14.7 Å². The molecule has 0 saturated heterocycles. The van der Waals surface area contributed by atoms with Crippen LogP contribution in [0.15, 0.2) is 72.8 Å². The van der Waals surface area contributed by atoms with Crippen molar-refractivity contribution in [2.24, 2.45) is 0 Å². The van der Waals surface area contributed by atoms with Gasteiger partial charge in [0.2, 0.25) is 0 Å². The third kappa shape index (κ3) is 5.27. The largest absolute Gasteiger partial charge is 0.480 e. The lowest BCUT2D eigenvalue weighted by Crippen LogP contribution is -2.47. The SMILES string of the molecule is CCCCN(C(=O)OCC1c2ccccc2-c2ccccc21)[C@@H](Cc1ccc(I)cc1)C(=O)O. The average Bonchev–Trinajstić information content (AvgIpc) is 3.17. The van der Waals surface area contributed by atoms with Gasteiger partial charge in [-0.15, -0.1) is 0 Å². The van der Waals surface area contributed by atoms with Crippen molar-refractivity contribution in [2.45, 2.75) is 38.1 Å². The number of hydrogen-bond donors (Lipinski definition) is 1. The van der Waals surface area contributed by atoms with Gasteiger partial charge in [0.25, 0.3) is 0 Å². The van der Waals surface area contributed by atoms with Gasteiger partial charge in [0.05, 0.1) is 0 Å². The lowest BCUT2D eigenvalue weighted by atomic mass is 9.98. The highest BCUT2D eigenvalue weighted by Crippen LogP contribution is 2.44. The first-order valence-electron chi connectivity index (χ1n) is 11.6. The van der Waals surface area contributed by atoms with E-state index < -0.39 is 18.1 Å². The topological polar surface area (TPSA) is 66.8 Å². The number of rotatable bonds is 9. The summed E-state index contributed by atoms with van der Waals surface area (Å²) in [5.41, 5.74) is 5.45. The number of benzene rings is 3. The van der Waals surface area contributed by atoms with Gasteiger partial charge >= 0.3 is 12.1 Å². The maximum atomic E-state index is 13.3. The Labute approximate surface area is 213 Å². The van der Waals surface area contributed by atoms with Crippen LogP contribution in [0, 0.1) is 3.57 Å². The van der Waals surface area contributed by atoms with Gasteiger partial charge in [0.1, 0.15) is 12.6 Å². The molecule has 4 rings (SSSR count). The number of ether oxygens (including phenoxy) is 1. The molecule has 0 aliphatic heterocycles. The first kappa shape index (κ1) is 24.3. The fourth-order valence-corrected chi connectivity index (χ4v) is 4.91. The predicted molar refractivity (Wildman–Crippen MR) is 141 cm³/mol. The zero-order chi connectivity index (χ0) is 24.1. The van der Waals surface area contributed by atoms with E-state index in [0.29, 0.717) is 13.0 Å². The van der Waals surface area contributed by atoms with Gasteiger partial charge in [-0.05, 0) is 69.0 Å². The summed E-state index contributed by atoms with van der Waals surface area (Å²) >= 11 is 2.21. The second-order valence-corrected chi connectivity index (χ2v) is 9.78. The molecule has 1 aliphatic rings. The normalized spacial score (nSPS) is 13.1. The number of amides is 1. The van der Waals surface area contributed by atoms with Crippen LogP contribution in [0.5, 0.6) is 0 Å². The van der Waals surface area contributed by atoms with E-state index in [4.69, 9.17) is 4.74 Å². The molecule has 0 saturated carbocycles. The molecule has 0 unspecified atom stereocenters. The number of carbonyl (C=O) groups excluding carboxylic acids is 1.